The minimum Gasteiger partial charge on any atom is -0.257 e. The van der Waals surface area contributed by atoms with Gasteiger partial charge in [-0.1, -0.05) is 30.0 Å². The van der Waals surface area contributed by atoms with Gasteiger partial charge in [0.1, 0.15) is 5.01 Å². The second kappa shape index (κ2) is 7.45. The fourth-order valence-corrected chi connectivity index (χ4v) is 4.57. The molecular weight excluding hydrogens is 413 g/mol. The molecule has 1 aromatic carbocycles. The maximum Gasteiger partial charge on any atom is 0.416 e. The van der Waals surface area contributed by atoms with Crippen LogP contribution < -0.4 is 0 Å². The van der Waals surface area contributed by atoms with Gasteiger partial charge in [-0.05, 0) is 23.6 Å². The van der Waals surface area contributed by atoms with Crippen molar-refractivity contribution >= 4 is 34.4 Å². The molecule has 4 aromatic rings. The van der Waals surface area contributed by atoms with Gasteiger partial charge in [0.15, 0.2) is 5.82 Å². The molecule has 27 heavy (non-hydrogen) atoms. The molecule has 0 aliphatic heterocycles. The van der Waals surface area contributed by atoms with Crippen LogP contribution in [0.1, 0.15) is 11.3 Å². The monoisotopic (exact) mass is 424 g/mol. The number of nitrogens with one attached hydrogen (secondary N) is 1. The minimum absolute atomic E-state index is 0.582. The third kappa shape index (κ3) is 4.23. The molecule has 0 unspecified atom stereocenters. The zero-order valence-corrected chi connectivity index (χ0v) is 16.0. The van der Waals surface area contributed by atoms with Gasteiger partial charge < -0.3 is 0 Å². The van der Waals surface area contributed by atoms with E-state index in [0.29, 0.717) is 21.5 Å². The number of thiazole rings is 1. The number of hydrogen-bond donors (Lipinski definition) is 1. The summed E-state index contributed by atoms with van der Waals surface area (Å²) in [6.45, 7) is 0. The van der Waals surface area contributed by atoms with E-state index in [1.54, 1.807) is 11.3 Å². The minimum atomic E-state index is -4.33. The van der Waals surface area contributed by atoms with Crippen molar-refractivity contribution in [2.45, 2.75) is 17.1 Å². The number of benzene rings is 1. The molecule has 3 heterocycles. The Morgan fingerprint density at radius 3 is 2.56 bits per heavy atom. The highest BCUT2D eigenvalue weighted by atomic mass is 32.2. The molecule has 1 N–H and O–H groups in total. The van der Waals surface area contributed by atoms with Crippen molar-refractivity contribution in [2.75, 3.05) is 0 Å². The largest absolute Gasteiger partial charge is 0.416 e. The Kier molecular flexibility index (Phi) is 5.02. The first kappa shape index (κ1) is 18.2. The van der Waals surface area contributed by atoms with E-state index in [-0.39, 0.29) is 0 Å². The summed E-state index contributed by atoms with van der Waals surface area (Å²) in [5, 5.41) is 12.3. The number of nitrogens with zero attached hydrogens (tertiary/aromatic N) is 3. The lowest BCUT2D eigenvalue weighted by atomic mass is 10.1. The SMILES string of the molecule is FC(F)(F)c1ccc(-c2nc(CSc3n[nH]c(-c4cccs4)n3)cs2)cc1. The highest BCUT2D eigenvalue weighted by Crippen LogP contribution is 2.32. The van der Waals surface area contributed by atoms with Crippen molar-refractivity contribution in [3.8, 4) is 21.3 Å². The van der Waals surface area contributed by atoms with Gasteiger partial charge >= 0.3 is 6.18 Å². The molecule has 0 spiro atoms. The predicted octanol–water partition coefficient (Wildman–Crippen LogP) is 5.97. The first-order chi connectivity index (χ1) is 13.0. The van der Waals surface area contributed by atoms with E-state index in [0.717, 1.165) is 28.5 Å². The van der Waals surface area contributed by atoms with Crippen molar-refractivity contribution in [1.82, 2.24) is 20.2 Å². The van der Waals surface area contributed by atoms with Crippen LogP contribution in [0.3, 0.4) is 0 Å². The average Bonchev–Trinajstić information content (AvgIpc) is 3.39. The molecule has 3 aromatic heterocycles. The number of rotatable bonds is 5. The summed E-state index contributed by atoms with van der Waals surface area (Å²) >= 11 is 4.44. The number of aromatic nitrogens is 4. The number of alkyl halides is 3. The number of hydrogen-bond acceptors (Lipinski definition) is 6. The standard InChI is InChI=1S/C17H11F3N4S3/c18-17(19,20)11-5-3-10(4-6-11)15-21-12(8-26-15)9-27-16-22-14(23-24-16)13-2-1-7-25-13/h1-8H,9H2,(H,22,23,24). The van der Waals surface area contributed by atoms with E-state index in [2.05, 4.69) is 20.2 Å². The molecule has 0 saturated heterocycles. The molecule has 138 valence electrons. The third-order valence-corrected chi connectivity index (χ3v) is 6.28. The zero-order valence-electron chi connectivity index (χ0n) is 13.5. The van der Waals surface area contributed by atoms with Gasteiger partial charge in [0.05, 0.1) is 16.1 Å². The lowest BCUT2D eigenvalue weighted by Crippen LogP contribution is -2.03. The topological polar surface area (TPSA) is 54.5 Å². The van der Waals surface area contributed by atoms with Gasteiger partial charge in [0.2, 0.25) is 5.16 Å². The molecule has 0 radical (unpaired) electrons. The van der Waals surface area contributed by atoms with E-state index in [1.165, 1.54) is 35.2 Å². The average molecular weight is 424 g/mol. The van der Waals surface area contributed by atoms with E-state index >= 15 is 0 Å². The summed E-state index contributed by atoms with van der Waals surface area (Å²) in [5.74, 6) is 1.31. The van der Waals surface area contributed by atoms with Gasteiger partial charge in [0.25, 0.3) is 0 Å². The summed E-state index contributed by atoms with van der Waals surface area (Å²) in [5.41, 5.74) is 0.842. The van der Waals surface area contributed by atoms with E-state index < -0.39 is 11.7 Å². The second-order valence-electron chi connectivity index (χ2n) is 5.45. The van der Waals surface area contributed by atoms with E-state index in [1.807, 2.05) is 22.9 Å². The number of thioether (sulfide) groups is 1. The first-order valence-corrected chi connectivity index (χ1v) is 10.4. The van der Waals surface area contributed by atoms with Crippen LogP contribution in [0.15, 0.2) is 52.3 Å². The zero-order chi connectivity index (χ0) is 18.9. The Morgan fingerprint density at radius 2 is 1.85 bits per heavy atom. The van der Waals surface area contributed by atoms with Gasteiger partial charge in [-0.15, -0.1) is 27.8 Å². The fourth-order valence-electron chi connectivity index (χ4n) is 2.28. The van der Waals surface area contributed by atoms with Crippen molar-refractivity contribution in [2.24, 2.45) is 0 Å². The third-order valence-electron chi connectivity index (χ3n) is 3.58. The normalized spacial score (nSPS) is 11.8. The van der Waals surface area contributed by atoms with Crippen LogP contribution in [0.5, 0.6) is 0 Å². The van der Waals surface area contributed by atoms with E-state index in [4.69, 9.17) is 0 Å². The quantitative estimate of drug-likeness (QED) is 0.401. The molecule has 0 aliphatic carbocycles. The summed E-state index contributed by atoms with van der Waals surface area (Å²) in [6, 6.07) is 8.96. The Hall–Kier alpha value is -2.17. The molecule has 0 amide bonds. The van der Waals surface area contributed by atoms with Crippen LogP contribution in [0, 0.1) is 0 Å². The summed E-state index contributed by atoms with van der Waals surface area (Å²) < 4.78 is 37.9. The number of thiophene rings is 1. The Labute approximate surface area is 164 Å². The van der Waals surface area contributed by atoms with Gasteiger partial charge in [-0.2, -0.15) is 13.2 Å². The van der Waals surface area contributed by atoms with Crippen molar-refractivity contribution < 1.29 is 13.2 Å². The second-order valence-corrected chi connectivity index (χ2v) is 8.20. The Bertz CT molecular complexity index is 1020. The van der Waals surface area contributed by atoms with Crippen molar-refractivity contribution in [1.29, 1.82) is 0 Å². The molecule has 0 saturated carbocycles. The molecule has 10 heteroatoms. The molecule has 0 aliphatic rings. The molecule has 4 nitrogen and oxygen atoms in total. The Morgan fingerprint density at radius 1 is 1.04 bits per heavy atom. The fraction of sp³-hybridized carbons (Fsp3) is 0.118. The predicted molar refractivity (Wildman–Crippen MR) is 102 cm³/mol. The van der Waals surface area contributed by atoms with E-state index in [9.17, 15) is 13.2 Å². The van der Waals surface area contributed by atoms with Crippen LogP contribution in [-0.4, -0.2) is 20.2 Å². The maximum absolute atomic E-state index is 12.6. The van der Waals surface area contributed by atoms with Crippen LogP contribution in [0.4, 0.5) is 13.2 Å². The number of aromatic amines is 1. The Balaban J connectivity index is 1.41. The van der Waals surface area contributed by atoms with Gasteiger partial charge in [-0.3, -0.25) is 5.10 Å². The molecular formula is C17H11F3N4S3. The van der Waals surface area contributed by atoms with Crippen LogP contribution in [0.2, 0.25) is 0 Å². The van der Waals surface area contributed by atoms with Gasteiger partial charge in [-0.25, -0.2) is 9.97 Å². The smallest absolute Gasteiger partial charge is 0.257 e. The molecule has 0 atom stereocenters. The van der Waals surface area contributed by atoms with Crippen LogP contribution in [-0.2, 0) is 11.9 Å². The summed E-state index contributed by atoms with van der Waals surface area (Å²) in [6.07, 6.45) is -4.33. The van der Waals surface area contributed by atoms with Crippen molar-refractivity contribution in [3.63, 3.8) is 0 Å². The number of halogens is 3. The van der Waals surface area contributed by atoms with Crippen LogP contribution in [0.25, 0.3) is 21.3 Å². The first-order valence-electron chi connectivity index (χ1n) is 7.70. The molecule has 4 rings (SSSR count). The molecule has 0 fully saturated rings. The summed E-state index contributed by atoms with van der Waals surface area (Å²) in [4.78, 5) is 9.96. The molecule has 0 bridgehead atoms. The lowest BCUT2D eigenvalue weighted by Gasteiger charge is -2.06. The maximum atomic E-state index is 12.6. The van der Waals surface area contributed by atoms with Crippen molar-refractivity contribution in [3.05, 3.63) is 58.4 Å². The summed E-state index contributed by atoms with van der Waals surface area (Å²) in [7, 11) is 0. The van der Waals surface area contributed by atoms with Crippen LogP contribution >= 0.6 is 34.4 Å². The highest BCUT2D eigenvalue weighted by molar-refractivity contribution is 7.98. The highest BCUT2D eigenvalue weighted by Gasteiger charge is 2.30. The van der Waals surface area contributed by atoms with Gasteiger partial charge in [0, 0.05) is 16.7 Å². The number of H-pyrrole nitrogens is 1. The lowest BCUT2D eigenvalue weighted by molar-refractivity contribution is -0.137.